The normalized spacial score (nSPS) is 11.4. The average Bonchev–Trinajstić information content (AvgIpc) is 2.23. The average molecular weight is 271 g/mol. The van der Waals surface area contributed by atoms with Crippen molar-refractivity contribution >= 4 is 17.6 Å². The highest BCUT2D eigenvalue weighted by Crippen LogP contribution is 2.19. The van der Waals surface area contributed by atoms with Gasteiger partial charge in [-0.15, -0.1) is 0 Å². The van der Waals surface area contributed by atoms with E-state index >= 15 is 0 Å². The van der Waals surface area contributed by atoms with Crippen molar-refractivity contribution < 1.29 is 9.53 Å². The summed E-state index contributed by atoms with van der Waals surface area (Å²) in [4.78, 5) is 12.0. The second kappa shape index (κ2) is 6.18. The van der Waals surface area contributed by atoms with E-state index in [0.29, 0.717) is 23.8 Å². The summed E-state index contributed by atoms with van der Waals surface area (Å²) in [5.74, 6) is -0.354. The lowest BCUT2D eigenvalue weighted by molar-refractivity contribution is 0.00682. The van der Waals surface area contributed by atoms with E-state index in [1.54, 1.807) is 18.2 Å². The van der Waals surface area contributed by atoms with Gasteiger partial charge in [-0.05, 0) is 44.5 Å². The first kappa shape index (κ1) is 15.0. The van der Waals surface area contributed by atoms with Crippen LogP contribution in [0.15, 0.2) is 18.2 Å². The molecule has 0 bridgehead atoms. The van der Waals surface area contributed by atoms with Gasteiger partial charge in [0, 0.05) is 18.2 Å². The Morgan fingerprint density at radius 2 is 2.11 bits per heavy atom. The van der Waals surface area contributed by atoms with E-state index in [2.05, 4.69) is 5.32 Å². The molecule has 0 saturated heterocycles. The molecular weight excluding hydrogens is 252 g/mol. The molecule has 0 radical (unpaired) electrons. The minimum absolute atomic E-state index is 0.334. The number of carbonyl (C=O) groups excluding carboxylic acids is 1. The fourth-order valence-electron chi connectivity index (χ4n) is 1.45. The number of carbonyl (C=O) groups is 1. The summed E-state index contributed by atoms with van der Waals surface area (Å²) in [6.45, 7) is 6.31. The van der Waals surface area contributed by atoms with Gasteiger partial charge in [0.25, 0.3) is 0 Å². The number of benzene rings is 1. The van der Waals surface area contributed by atoms with Crippen LogP contribution in [0.2, 0.25) is 5.02 Å². The molecule has 18 heavy (non-hydrogen) atoms. The maximum atomic E-state index is 12.0. The molecule has 4 nitrogen and oxygen atoms in total. The lowest BCUT2D eigenvalue weighted by atomic mass is 10.1. The Bertz CT molecular complexity index is 427. The van der Waals surface area contributed by atoms with E-state index in [4.69, 9.17) is 22.1 Å². The van der Waals surface area contributed by atoms with Gasteiger partial charge in [-0.2, -0.15) is 0 Å². The van der Waals surface area contributed by atoms with Crippen LogP contribution >= 0.6 is 11.6 Å². The van der Waals surface area contributed by atoms with Crippen LogP contribution in [-0.2, 0) is 11.3 Å². The van der Waals surface area contributed by atoms with Crippen LogP contribution in [0.5, 0.6) is 0 Å². The molecule has 1 rings (SSSR count). The maximum absolute atomic E-state index is 12.0. The molecule has 0 saturated carbocycles. The van der Waals surface area contributed by atoms with Crippen molar-refractivity contribution in [3.8, 4) is 0 Å². The van der Waals surface area contributed by atoms with Gasteiger partial charge in [-0.25, -0.2) is 4.79 Å². The largest absolute Gasteiger partial charge is 0.456 e. The van der Waals surface area contributed by atoms with Crippen LogP contribution in [0.25, 0.3) is 0 Å². The first-order valence-electron chi connectivity index (χ1n) is 5.76. The van der Waals surface area contributed by atoms with E-state index in [0.717, 1.165) is 5.56 Å². The maximum Gasteiger partial charge on any atom is 0.338 e. The molecule has 0 atom stereocenters. The molecule has 1 aromatic rings. The monoisotopic (exact) mass is 270 g/mol. The van der Waals surface area contributed by atoms with Crippen molar-refractivity contribution in [2.24, 2.45) is 5.73 Å². The molecule has 1 aromatic carbocycles. The summed E-state index contributed by atoms with van der Waals surface area (Å²) in [5, 5.41) is 3.54. The number of rotatable bonds is 4. The van der Waals surface area contributed by atoms with Crippen molar-refractivity contribution in [2.75, 3.05) is 6.67 Å². The van der Waals surface area contributed by atoms with Crippen molar-refractivity contribution in [1.29, 1.82) is 0 Å². The molecule has 0 aromatic heterocycles. The predicted molar refractivity (Wildman–Crippen MR) is 72.5 cm³/mol. The molecule has 0 spiro atoms. The van der Waals surface area contributed by atoms with Crippen molar-refractivity contribution in [3.05, 3.63) is 34.3 Å². The lowest BCUT2D eigenvalue weighted by Crippen LogP contribution is -2.26. The molecule has 0 aliphatic heterocycles. The summed E-state index contributed by atoms with van der Waals surface area (Å²) in [5.41, 5.74) is 6.15. The molecule has 0 fully saturated rings. The molecule has 0 heterocycles. The minimum atomic E-state index is -0.519. The molecule has 0 aliphatic carbocycles. The van der Waals surface area contributed by atoms with E-state index in [-0.39, 0.29) is 5.97 Å². The quantitative estimate of drug-likeness (QED) is 0.651. The van der Waals surface area contributed by atoms with Crippen LogP contribution in [-0.4, -0.2) is 18.2 Å². The predicted octanol–water partition coefficient (Wildman–Crippen LogP) is 2.30. The Balaban J connectivity index is 2.96. The summed E-state index contributed by atoms with van der Waals surface area (Å²) < 4.78 is 5.34. The SMILES string of the molecule is CC(C)(C)OC(=O)c1ccc(Cl)cc1CNCN. The third-order valence-electron chi connectivity index (χ3n) is 2.15. The molecule has 0 unspecified atom stereocenters. The summed E-state index contributed by atoms with van der Waals surface area (Å²) in [6, 6.07) is 5.08. The number of nitrogens with one attached hydrogen (secondary N) is 1. The van der Waals surface area contributed by atoms with Gasteiger partial charge in [0.15, 0.2) is 0 Å². The molecule has 0 amide bonds. The number of hydrogen-bond donors (Lipinski definition) is 2. The number of nitrogens with two attached hydrogens (primary N) is 1. The number of ether oxygens (including phenoxy) is 1. The molecule has 3 N–H and O–H groups in total. The van der Waals surface area contributed by atoms with E-state index in [1.165, 1.54) is 0 Å². The van der Waals surface area contributed by atoms with E-state index in [9.17, 15) is 4.79 Å². The zero-order chi connectivity index (χ0) is 13.8. The van der Waals surface area contributed by atoms with Gasteiger partial charge in [0.2, 0.25) is 0 Å². The fourth-order valence-corrected chi connectivity index (χ4v) is 1.64. The first-order chi connectivity index (χ1) is 8.33. The van der Waals surface area contributed by atoms with Crippen LogP contribution in [0.3, 0.4) is 0 Å². The summed E-state index contributed by atoms with van der Waals surface area (Å²) in [7, 11) is 0. The first-order valence-corrected chi connectivity index (χ1v) is 6.14. The Hall–Kier alpha value is -1.10. The molecular formula is C13H19ClN2O2. The molecule has 100 valence electrons. The minimum Gasteiger partial charge on any atom is -0.456 e. The van der Waals surface area contributed by atoms with Crippen molar-refractivity contribution in [3.63, 3.8) is 0 Å². The third-order valence-corrected chi connectivity index (χ3v) is 2.38. The Morgan fingerprint density at radius 3 is 2.67 bits per heavy atom. The number of halogens is 1. The molecule has 0 aliphatic rings. The van der Waals surface area contributed by atoms with Gasteiger partial charge in [-0.1, -0.05) is 11.6 Å². The van der Waals surface area contributed by atoms with Crippen LogP contribution in [0.4, 0.5) is 0 Å². The Kier molecular flexibility index (Phi) is 5.14. The Labute approximate surface area is 112 Å². The van der Waals surface area contributed by atoms with Crippen molar-refractivity contribution in [2.45, 2.75) is 32.9 Å². The Morgan fingerprint density at radius 1 is 1.44 bits per heavy atom. The third kappa shape index (κ3) is 4.64. The van der Waals surface area contributed by atoms with E-state index in [1.807, 2.05) is 20.8 Å². The number of esters is 1. The summed E-state index contributed by atoms with van der Waals surface area (Å²) >= 11 is 5.92. The zero-order valence-corrected chi connectivity index (χ0v) is 11.7. The fraction of sp³-hybridized carbons (Fsp3) is 0.462. The second-order valence-corrected chi connectivity index (χ2v) is 5.37. The van der Waals surface area contributed by atoms with Gasteiger partial charge in [-0.3, -0.25) is 0 Å². The van der Waals surface area contributed by atoms with Crippen LogP contribution in [0.1, 0.15) is 36.7 Å². The zero-order valence-electron chi connectivity index (χ0n) is 10.9. The van der Waals surface area contributed by atoms with Gasteiger partial charge < -0.3 is 15.8 Å². The highest BCUT2D eigenvalue weighted by molar-refractivity contribution is 6.30. The lowest BCUT2D eigenvalue weighted by Gasteiger charge is -2.20. The standard InChI is InChI=1S/C13H19ClN2O2/c1-13(2,3)18-12(17)11-5-4-10(14)6-9(11)7-16-8-15/h4-6,16H,7-8,15H2,1-3H3. The molecule has 5 heteroatoms. The van der Waals surface area contributed by atoms with Crippen LogP contribution in [0, 0.1) is 0 Å². The van der Waals surface area contributed by atoms with Gasteiger partial charge in [0.1, 0.15) is 5.60 Å². The van der Waals surface area contributed by atoms with Crippen LogP contribution < -0.4 is 11.1 Å². The van der Waals surface area contributed by atoms with Crippen molar-refractivity contribution in [1.82, 2.24) is 5.32 Å². The highest BCUT2D eigenvalue weighted by Gasteiger charge is 2.20. The smallest absolute Gasteiger partial charge is 0.338 e. The topological polar surface area (TPSA) is 64.3 Å². The highest BCUT2D eigenvalue weighted by atomic mass is 35.5. The number of hydrogen-bond acceptors (Lipinski definition) is 4. The second-order valence-electron chi connectivity index (χ2n) is 4.93. The summed E-state index contributed by atoms with van der Waals surface area (Å²) in [6.07, 6.45) is 0. The van der Waals surface area contributed by atoms with Gasteiger partial charge in [0.05, 0.1) is 5.56 Å². The van der Waals surface area contributed by atoms with Gasteiger partial charge >= 0.3 is 5.97 Å². The van der Waals surface area contributed by atoms with E-state index < -0.39 is 5.60 Å².